The van der Waals surface area contributed by atoms with Crippen molar-refractivity contribution >= 4 is 23.4 Å². The first kappa shape index (κ1) is 15.5. The standard InChI is InChI=1S/C13H18ClN3O2/c1-9(10-3-5-11(14)6-4-10)17(2)13(19)8-16-12(18)7-15/h3-6,9H,7-8,15H2,1-2H3,(H,16,18). The van der Waals surface area contributed by atoms with E-state index >= 15 is 0 Å². The van der Waals surface area contributed by atoms with Gasteiger partial charge in [0.15, 0.2) is 0 Å². The zero-order chi connectivity index (χ0) is 14.4. The molecule has 1 unspecified atom stereocenters. The molecule has 1 aromatic rings. The van der Waals surface area contributed by atoms with Crippen LogP contribution in [-0.4, -0.2) is 36.9 Å². The van der Waals surface area contributed by atoms with Crippen LogP contribution in [0.3, 0.4) is 0 Å². The van der Waals surface area contributed by atoms with E-state index in [1.54, 1.807) is 24.1 Å². The van der Waals surface area contributed by atoms with E-state index in [0.29, 0.717) is 5.02 Å². The number of carbonyl (C=O) groups excluding carboxylic acids is 2. The second-order valence-corrected chi connectivity index (χ2v) is 4.65. The highest BCUT2D eigenvalue weighted by Gasteiger charge is 2.17. The third kappa shape index (κ3) is 4.54. The normalized spacial score (nSPS) is 11.8. The van der Waals surface area contributed by atoms with E-state index in [-0.39, 0.29) is 30.9 Å². The van der Waals surface area contributed by atoms with Crippen LogP contribution in [0.15, 0.2) is 24.3 Å². The molecule has 1 aromatic carbocycles. The Balaban J connectivity index is 2.60. The largest absolute Gasteiger partial charge is 0.346 e. The Morgan fingerprint density at radius 3 is 2.47 bits per heavy atom. The van der Waals surface area contributed by atoms with Gasteiger partial charge in [0.1, 0.15) is 0 Å². The minimum absolute atomic E-state index is 0.0511. The Kier molecular flexibility index (Phi) is 5.79. The fraction of sp³-hybridized carbons (Fsp3) is 0.385. The molecule has 19 heavy (non-hydrogen) atoms. The molecule has 1 rings (SSSR count). The second kappa shape index (κ2) is 7.11. The number of benzene rings is 1. The molecular formula is C13H18ClN3O2. The lowest BCUT2D eigenvalue weighted by molar-refractivity contribution is -0.133. The van der Waals surface area contributed by atoms with Gasteiger partial charge < -0.3 is 16.0 Å². The first-order valence-corrected chi connectivity index (χ1v) is 6.31. The van der Waals surface area contributed by atoms with Gasteiger partial charge in [-0.3, -0.25) is 9.59 Å². The molecule has 0 saturated heterocycles. The number of rotatable bonds is 5. The van der Waals surface area contributed by atoms with Crippen molar-refractivity contribution in [1.82, 2.24) is 10.2 Å². The van der Waals surface area contributed by atoms with Crippen molar-refractivity contribution in [3.05, 3.63) is 34.9 Å². The van der Waals surface area contributed by atoms with Crippen LogP contribution < -0.4 is 11.1 Å². The number of nitrogens with one attached hydrogen (secondary N) is 1. The molecule has 0 heterocycles. The topological polar surface area (TPSA) is 75.4 Å². The summed E-state index contributed by atoms with van der Waals surface area (Å²) in [4.78, 5) is 24.5. The predicted molar refractivity (Wildman–Crippen MR) is 74.7 cm³/mol. The summed E-state index contributed by atoms with van der Waals surface area (Å²) < 4.78 is 0. The molecule has 0 aliphatic rings. The molecule has 104 valence electrons. The van der Waals surface area contributed by atoms with Gasteiger partial charge in [0.2, 0.25) is 11.8 Å². The van der Waals surface area contributed by atoms with Crippen LogP contribution in [0, 0.1) is 0 Å². The van der Waals surface area contributed by atoms with Gasteiger partial charge in [-0.25, -0.2) is 0 Å². The lowest BCUT2D eigenvalue weighted by Crippen LogP contribution is -2.41. The van der Waals surface area contributed by atoms with E-state index in [2.05, 4.69) is 5.32 Å². The van der Waals surface area contributed by atoms with Crippen LogP contribution in [0.2, 0.25) is 5.02 Å². The smallest absolute Gasteiger partial charge is 0.242 e. The lowest BCUT2D eigenvalue weighted by Gasteiger charge is -2.25. The average molecular weight is 284 g/mol. The van der Waals surface area contributed by atoms with Gasteiger partial charge in [0.05, 0.1) is 19.1 Å². The van der Waals surface area contributed by atoms with Crippen molar-refractivity contribution in [2.75, 3.05) is 20.1 Å². The number of nitrogens with zero attached hydrogens (tertiary/aromatic N) is 1. The van der Waals surface area contributed by atoms with E-state index < -0.39 is 0 Å². The monoisotopic (exact) mass is 283 g/mol. The molecule has 5 nitrogen and oxygen atoms in total. The second-order valence-electron chi connectivity index (χ2n) is 4.21. The summed E-state index contributed by atoms with van der Waals surface area (Å²) in [5, 5.41) is 3.11. The summed E-state index contributed by atoms with van der Waals surface area (Å²) in [6, 6.07) is 7.20. The number of amides is 2. The molecule has 0 aliphatic carbocycles. The minimum atomic E-state index is -0.346. The summed E-state index contributed by atoms with van der Waals surface area (Å²) in [6.07, 6.45) is 0. The lowest BCUT2D eigenvalue weighted by atomic mass is 10.1. The number of carbonyl (C=O) groups is 2. The summed E-state index contributed by atoms with van der Waals surface area (Å²) in [6.45, 7) is 1.74. The molecule has 0 bridgehead atoms. The van der Waals surface area contributed by atoms with E-state index in [0.717, 1.165) is 5.56 Å². The van der Waals surface area contributed by atoms with Gasteiger partial charge in [0, 0.05) is 12.1 Å². The molecule has 0 aromatic heterocycles. The Labute approximate surface area is 117 Å². The predicted octanol–water partition coefficient (Wildman–Crippen LogP) is 0.934. The quantitative estimate of drug-likeness (QED) is 0.844. The number of hydrogen-bond acceptors (Lipinski definition) is 3. The maximum absolute atomic E-state index is 11.9. The maximum Gasteiger partial charge on any atom is 0.242 e. The maximum atomic E-state index is 11.9. The van der Waals surface area contributed by atoms with Gasteiger partial charge in [-0.2, -0.15) is 0 Å². The summed E-state index contributed by atoms with van der Waals surface area (Å²) >= 11 is 5.82. The van der Waals surface area contributed by atoms with Crippen molar-refractivity contribution in [2.24, 2.45) is 5.73 Å². The Hall–Kier alpha value is -1.59. The van der Waals surface area contributed by atoms with Crippen molar-refractivity contribution in [3.63, 3.8) is 0 Å². The average Bonchev–Trinajstić information content (AvgIpc) is 2.43. The zero-order valence-electron chi connectivity index (χ0n) is 11.0. The fourth-order valence-electron chi connectivity index (χ4n) is 1.55. The first-order chi connectivity index (χ1) is 8.95. The molecular weight excluding hydrogens is 266 g/mol. The van der Waals surface area contributed by atoms with Crippen LogP contribution in [-0.2, 0) is 9.59 Å². The van der Waals surface area contributed by atoms with Crippen LogP contribution in [0.1, 0.15) is 18.5 Å². The first-order valence-electron chi connectivity index (χ1n) is 5.93. The van der Waals surface area contributed by atoms with E-state index in [9.17, 15) is 9.59 Å². The van der Waals surface area contributed by atoms with Crippen LogP contribution in [0.4, 0.5) is 0 Å². The highest BCUT2D eigenvalue weighted by atomic mass is 35.5. The van der Waals surface area contributed by atoms with Crippen LogP contribution in [0.25, 0.3) is 0 Å². The molecule has 0 saturated carbocycles. The summed E-state index contributed by atoms with van der Waals surface area (Å²) in [5.74, 6) is -0.523. The third-order valence-electron chi connectivity index (χ3n) is 2.95. The fourth-order valence-corrected chi connectivity index (χ4v) is 1.68. The SMILES string of the molecule is CC(c1ccc(Cl)cc1)N(C)C(=O)CNC(=O)CN. The highest BCUT2D eigenvalue weighted by molar-refractivity contribution is 6.30. The number of hydrogen-bond donors (Lipinski definition) is 2. The Morgan fingerprint density at radius 2 is 1.95 bits per heavy atom. The van der Waals surface area contributed by atoms with Gasteiger partial charge in [0.25, 0.3) is 0 Å². The highest BCUT2D eigenvalue weighted by Crippen LogP contribution is 2.20. The van der Waals surface area contributed by atoms with E-state index in [1.807, 2.05) is 19.1 Å². The molecule has 0 spiro atoms. The van der Waals surface area contributed by atoms with Crippen molar-refractivity contribution < 1.29 is 9.59 Å². The zero-order valence-corrected chi connectivity index (χ0v) is 11.8. The Bertz CT molecular complexity index is 448. The number of halogens is 1. The molecule has 3 N–H and O–H groups in total. The van der Waals surface area contributed by atoms with Gasteiger partial charge in [-0.05, 0) is 24.6 Å². The molecule has 2 amide bonds. The van der Waals surface area contributed by atoms with Crippen molar-refractivity contribution in [1.29, 1.82) is 0 Å². The summed E-state index contributed by atoms with van der Waals surface area (Å²) in [7, 11) is 1.69. The minimum Gasteiger partial charge on any atom is -0.346 e. The Morgan fingerprint density at radius 1 is 1.37 bits per heavy atom. The van der Waals surface area contributed by atoms with Gasteiger partial charge in [-0.1, -0.05) is 23.7 Å². The van der Waals surface area contributed by atoms with E-state index in [1.165, 1.54) is 0 Å². The molecule has 0 fully saturated rings. The molecule has 6 heteroatoms. The van der Waals surface area contributed by atoms with Crippen molar-refractivity contribution in [2.45, 2.75) is 13.0 Å². The molecule has 1 atom stereocenters. The molecule has 0 radical (unpaired) electrons. The van der Waals surface area contributed by atoms with Crippen LogP contribution >= 0.6 is 11.6 Å². The van der Waals surface area contributed by atoms with Gasteiger partial charge in [-0.15, -0.1) is 0 Å². The molecule has 0 aliphatic heterocycles. The number of nitrogens with two attached hydrogens (primary N) is 1. The third-order valence-corrected chi connectivity index (χ3v) is 3.20. The summed E-state index contributed by atoms with van der Waals surface area (Å²) in [5.41, 5.74) is 6.13. The van der Waals surface area contributed by atoms with Crippen molar-refractivity contribution in [3.8, 4) is 0 Å². The van der Waals surface area contributed by atoms with E-state index in [4.69, 9.17) is 17.3 Å². The number of likely N-dealkylation sites (N-methyl/N-ethyl adjacent to an activating group) is 1. The van der Waals surface area contributed by atoms with Gasteiger partial charge >= 0.3 is 0 Å². The van der Waals surface area contributed by atoms with Crippen LogP contribution in [0.5, 0.6) is 0 Å².